The third-order valence-corrected chi connectivity index (χ3v) is 7.52. The fourth-order valence-electron chi connectivity index (χ4n) is 5.67. The van der Waals surface area contributed by atoms with Gasteiger partial charge in [0.1, 0.15) is 17.6 Å². The maximum Gasteiger partial charge on any atom is 0.573 e. The fraction of sp³-hybridized carbons (Fsp3) is 0.364. The first-order chi connectivity index (χ1) is 19.7. The lowest BCUT2D eigenvalue weighted by Gasteiger charge is -2.19. The van der Waals surface area contributed by atoms with Gasteiger partial charge in [0.15, 0.2) is 0 Å². The minimum atomic E-state index is -4.77. The van der Waals surface area contributed by atoms with Crippen LogP contribution in [0.1, 0.15) is 65.7 Å². The van der Waals surface area contributed by atoms with E-state index in [2.05, 4.69) is 9.64 Å². The molecule has 224 valence electrons. The lowest BCUT2D eigenvalue weighted by Crippen LogP contribution is -2.26. The van der Waals surface area contributed by atoms with Crippen LogP contribution in [0.3, 0.4) is 0 Å². The molecule has 0 aromatic heterocycles. The highest BCUT2D eigenvalue weighted by Crippen LogP contribution is 2.41. The highest BCUT2D eigenvalue weighted by Gasteiger charge is 2.31. The van der Waals surface area contributed by atoms with Gasteiger partial charge >= 0.3 is 12.3 Å². The lowest BCUT2D eigenvalue weighted by atomic mass is 9.87. The maximum atomic E-state index is 12.7. The van der Waals surface area contributed by atoms with Gasteiger partial charge in [0.05, 0.1) is 12.2 Å². The smallest absolute Gasteiger partial charge is 0.489 e. The summed E-state index contributed by atoms with van der Waals surface area (Å²) < 4.78 is 61.0. The molecule has 2 aliphatic rings. The second-order valence-corrected chi connectivity index (χ2v) is 10.4. The van der Waals surface area contributed by atoms with Crippen LogP contribution in [0.25, 0.3) is 11.1 Å². The molecule has 1 fully saturated rings. The number of carbonyl (C=O) groups is 1. The van der Waals surface area contributed by atoms with Gasteiger partial charge in [-0.3, -0.25) is 9.29 Å². The summed E-state index contributed by atoms with van der Waals surface area (Å²) in [5.41, 5.74) is 5.54. The number of fused-ring (bicyclic) bond motifs is 1. The molecule has 1 atom stereocenters. The Morgan fingerprint density at radius 2 is 1.64 bits per heavy atom. The van der Waals surface area contributed by atoms with E-state index in [9.17, 15) is 27.5 Å². The van der Waals surface area contributed by atoms with Crippen molar-refractivity contribution in [1.29, 1.82) is 0 Å². The Morgan fingerprint density at radius 1 is 0.952 bits per heavy atom. The zero-order valence-electron chi connectivity index (χ0n) is 22.4. The molecular formula is C33H35F4NO4. The average Bonchev–Trinajstić information content (AvgIpc) is 3.30. The first-order valence-electron chi connectivity index (χ1n) is 13.7. The van der Waals surface area contributed by atoms with Crippen LogP contribution in [-0.2, 0) is 6.42 Å². The predicted octanol–water partition coefficient (Wildman–Crippen LogP) is 8.03. The van der Waals surface area contributed by atoms with E-state index in [0.717, 1.165) is 71.6 Å². The molecule has 3 aromatic rings. The summed E-state index contributed by atoms with van der Waals surface area (Å²) in [6, 6.07) is 18.7. The summed E-state index contributed by atoms with van der Waals surface area (Å²) in [4.78, 5) is 13.9. The molecular weight excluding hydrogens is 550 g/mol. The number of hydrogen-bond donors (Lipinski definition) is 1. The van der Waals surface area contributed by atoms with Gasteiger partial charge in [0.2, 0.25) is 0 Å². The first kappa shape index (κ1) is 31.1. The van der Waals surface area contributed by atoms with E-state index in [1.54, 1.807) is 24.3 Å². The Labute approximate surface area is 243 Å². The number of carboxylic acids is 1. The molecule has 5 rings (SSSR count). The normalized spacial score (nSPS) is 17.3. The number of alkyl halides is 4. The summed E-state index contributed by atoms with van der Waals surface area (Å²) in [5, 5.41) is 9.55. The molecule has 1 saturated heterocycles. The van der Waals surface area contributed by atoms with E-state index in [4.69, 9.17) is 4.74 Å². The van der Waals surface area contributed by atoms with Crippen LogP contribution in [-0.4, -0.2) is 54.8 Å². The number of nitrogens with zero attached hydrogens (tertiary/aromatic N) is 1. The quantitative estimate of drug-likeness (QED) is 0.258. The van der Waals surface area contributed by atoms with Gasteiger partial charge in [-0.15, -0.1) is 13.2 Å². The van der Waals surface area contributed by atoms with Crippen molar-refractivity contribution < 1.29 is 36.9 Å². The molecule has 9 heteroatoms. The van der Waals surface area contributed by atoms with Crippen LogP contribution in [0.5, 0.6) is 11.5 Å². The second-order valence-electron chi connectivity index (χ2n) is 10.4. The van der Waals surface area contributed by atoms with E-state index in [-0.39, 0.29) is 31.5 Å². The van der Waals surface area contributed by atoms with Gasteiger partial charge < -0.3 is 14.6 Å². The Morgan fingerprint density at radius 3 is 2.31 bits per heavy atom. The number of benzene rings is 3. The largest absolute Gasteiger partial charge is 0.573 e. The highest BCUT2D eigenvalue weighted by atomic mass is 19.4. The molecule has 3 aromatic carbocycles. The molecule has 5 nitrogen and oxygen atoms in total. The fourth-order valence-corrected chi connectivity index (χ4v) is 5.67. The van der Waals surface area contributed by atoms with Crippen LogP contribution in [0, 0.1) is 0 Å². The van der Waals surface area contributed by atoms with E-state index in [1.807, 2.05) is 30.3 Å². The Kier molecular flexibility index (Phi) is 9.93. The number of aromatic carboxylic acids is 1. The molecule has 1 heterocycles. The molecule has 0 radical (unpaired) electrons. The molecule has 0 amide bonds. The van der Waals surface area contributed by atoms with Crippen molar-refractivity contribution in [2.75, 3.05) is 26.3 Å². The van der Waals surface area contributed by atoms with Gasteiger partial charge in [-0.1, -0.05) is 37.8 Å². The summed E-state index contributed by atoms with van der Waals surface area (Å²) in [5.74, 6) is -0.572. The molecule has 0 unspecified atom stereocenters. The number of carboxylic acid groups (broad SMARTS) is 1. The third-order valence-electron chi connectivity index (χ3n) is 7.52. The number of aryl methyl sites for hydroxylation is 1. The van der Waals surface area contributed by atoms with Crippen molar-refractivity contribution in [2.24, 2.45) is 0 Å². The van der Waals surface area contributed by atoms with Crippen LogP contribution in [0.15, 0.2) is 66.7 Å². The number of allylic oxidation sites excluding steroid dienone is 1. The topological polar surface area (TPSA) is 59.0 Å². The Hall–Kier alpha value is -3.85. The van der Waals surface area contributed by atoms with Crippen LogP contribution in [0.4, 0.5) is 17.6 Å². The summed E-state index contributed by atoms with van der Waals surface area (Å²) >= 11 is 0. The zero-order chi connectivity index (χ0) is 29.0. The van der Waals surface area contributed by atoms with Crippen molar-refractivity contribution in [3.05, 3.63) is 94.5 Å². The van der Waals surface area contributed by atoms with Crippen molar-refractivity contribution in [3.8, 4) is 11.5 Å². The van der Waals surface area contributed by atoms with Crippen molar-refractivity contribution in [2.45, 2.75) is 52.0 Å². The van der Waals surface area contributed by atoms with Gasteiger partial charge in [0.25, 0.3) is 0 Å². The summed E-state index contributed by atoms with van der Waals surface area (Å²) in [7, 11) is 0. The van der Waals surface area contributed by atoms with Crippen molar-refractivity contribution in [1.82, 2.24) is 4.90 Å². The standard InChI is InChI=1S/C32H31F4NO4.CH4/c33-16-2-17-37-18-15-27(20-37)40-25-10-7-22(8-11-25)30-28(21-5-12-26(13-6-21)41-32(34,35)36)4-1-3-23-19-24(31(38)39)9-14-29(23)30;/h5-14,19,27H,1-4,15-18,20H2,(H,38,39);1H4/t27-;/m0./s1. The van der Waals surface area contributed by atoms with Gasteiger partial charge in [-0.05, 0) is 102 Å². The van der Waals surface area contributed by atoms with Gasteiger partial charge in [-0.2, -0.15) is 0 Å². The molecule has 0 spiro atoms. The average molecular weight is 586 g/mol. The minimum Gasteiger partial charge on any atom is -0.489 e. The number of ether oxygens (including phenoxy) is 2. The molecule has 0 bridgehead atoms. The number of halogens is 4. The molecule has 1 aliphatic heterocycles. The number of rotatable bonds is 9. The van der Waals surface area contributed by atoms with Crippen LogP contribution >= 0.6 is 0 Å². The van der Waals surface area contributed by atoms with Crippen molar-refractivity contribution >= 4 is 17.1 Å². The molecule has 1 N–H and O–H groups in total. The van der Waals surface area contributed by atoms with E-state index >= 15 is 0 Å². The summed E-state index contributed by atoms with van der Waals surface area (Å²) in [6.07, 6.45) is -1.29. The second kappa shape index (κ2) is 13.4. The lowest BCUT2D eigenvalue weighted by molar-refractivity contribution is -0.274. The molecule has 1 aliphatic carbocycles. The van der Waals surface area contributed by atoms with Gasteiger partial charge in [0, 0.05) is 19.6 Å². The molecule has 0 saturated carbocycles. The van der Waals surface area contributed by atoms with Crippen LogP contribution in [0.2, 0.25) is 0 Å². The highest BCUT2D eigenvalue weighted by molar-refractivity contribution is 6.00. The Balaban J connectivity index is 0.00000405. The van der Waals surface area contributed by atoms with Crippen LogP contribution < -0.4 is 9.47 Å². The number of likely N-dealkylation sites (tertiary alicyclic amines) is 1. The first-order valence-corrected chi connectivity index (χ1v) is 13.7. The zero-order valence-corrected chi connectivity index (χ0v) is 22.4. The maximum absolute atomic E-state index is 12.7. The number of hydrogen-bond acceptors (Lipinski definition) is 4. The predicted molar refractivity (Wildman–Crippen MR) is 155 cm³/mol. The SMILES string of the molecule is C.O=C(O)c1ccc2c(c1)CCCC(c1ccc(OC(F)(F)F)cc1)=C2c1ccc(O[C@H]2CCN(CCCF)C2)cc1. The van der Waals surface area contributed by atoms with Crippen molar-refractivity contribution in [3.63, 3.8) is 0 Å². The van der Waals surface area contributed by atoms with E-state index in [1.165, 1.54) is 12.1 Å². The Bertz CT molecular complexity index is 1400. The van der Waals surface area contributed by atoms with Gasteiger partial charge in [-0.25, -0.2) is 4.79 Å². The summed E-state index contributed by atoms with van der Waals surface area (Å²) in [6.45, 7) is 2.03. The van der Waals surface area contributed by atoms with E-state index < -0.39 is 12.3 Å². The third kappa shape index (κ3) is 7.50. The van der Waals surface area contributed by atoms with E-state index in [0.29, 0.717) is 19.3 Å². The monoisotopic (exact) mass is 585 g/mol. The molecule has 42 heavy (non-hydrogen) atoms. The minimum absolute atomic E-state index is 0.